The summed E-state index contributed by atoms with van der Waals surface area (Å²) in [6, 6.07) is 25.1. The Morgan fingerprint density at radius 2 is 1.70 bits per heavy atom. The highest BCUT2D eigenvalue weighted by Gasteiger charge is 2.24. The summed E-state index contributed by atoms with van der Waals surface area (Å²) in [6.07, 6.45) is 1.82. The van der Waals surface area contributed by atoms with Crippen molar-refractivity contribution in [1.29, 1.82) is 0 Å². The first-order chi connectivity index (χ1) is 14.7. The molecular formula is C24H20N2O3S. The molecule has 5 nitrogen and oxygen atoms in total. The van der Waals surface area contributed by atoms with Gasteiger partial charge in [-0.05, 0) is 53.2 Å². The third-order valence-electron chi connectivity index (χ3n) is 4.36. The van der Waals surface area contributed by atoms with E-state index in [0.717, 1.165) is 16.8 Å². The number of aliphatic imine (C=N–C) groups is 1. The zero-order valence-electron chi connectivity index (χ0n) is 16.4. The van der Waals surface area contributed by atoms with Crippen LogP contribution in [-0.4, -0.2) is 18.2 Å². The molecule has 1 saturated heterocycles. The third-order valence-corrected chi connectivity index (χ3v) is 5.27. The minimum Gasteiger partial charge on any atom is -0.493 e. The Labute approximate surface area is 179 Å². The van der Waals surface area contributed by atoms with E-state index in [9.17, 15) is 4.79 Å². The number of hydrogen-bond donors (Lipinski definition) is 1. The van der Waals surface area contributed by atoms with E-state index in [1.54, 1.807) is 7.11 Å². The number of nitrogens with zero attached hydrogens (tertiary/aromatic N) is 1. The maximum Gasteiger partial charge on any atom is 0.264 e. The molecule has 0 radical (unpaired) electrons. The third kappa shape index (κ3) is 4.90. The highest BCUT2D eigenvalue weighted by atomic mass is 32.2. The Hall–Kier alpha value is -3.51. The summed E-state index contributed by atoms with van der Waals surface area (Å²) in [7, 11) is 1.60. The first kappa shape index (κ1) is 19.8. The van der Waals surface area contributed by atoms with Crippen molar-refractivity contribution in [2.45, 2.75) is 6.61 Å². The summed E-state index contributed by atoms with van der Waals surface area (Å²) in [6.45, 7) is 0.454. The van der Waals surface area contributed by atoms with E-state index in [1.165, 1.54) is 11.8 Å². The molecule has 3 aromatic carbocycles. The molecule has 0 unspecified atom stereocenters. The molecule has 1 N–H and O–H groups in total. The maximum absolute atomic E-state index is 12.3. The lowest BCUT2D eigenvalue weighted by molar-refractivity contribution is -0.115. The molecule has 0 aromatic heterocycles. The van der Waals surface area contributed by atoms with Gasteiger partial charge in [0.1, 0.15) is 6.61 Å². The number of amidine groups is 1. The topological polar surface area (TPSA) is 59.9 Å². The average molecular weight is 417 g/mol. The lowest BCUT2D eigenvalue weighted by atomic mass is 10.2. The van der Waals surface area contributed by atoms with E-state index in [-0.39, 0.29) is 5.91 Å². The maximum atomic E-state index is 12.3. The normalized spacial score (nSPS) is 16.0. The van der Waals surface area contributed by atoms with Gasteiger partial charge in [-0.15, -0.1) is 0 Å². The molecule has 30 heavy (non-hydrogen) atoms. The second-order valence-electron chi connectivity index (χ2n) is 6.50. The predicted molar refractivity (Wildman–Crippen MR) is 121 cm³/mol. The summed E-state index contributed by atoms with van der Waals surface area (Å²) >= 11 is 1.31. The number of amides is 1. The van der Waals surface area contributed by atoms with Gasteiger partial charge in [0.25, 0.3) is 5.91 Å². The lowest BCUT2D eigenvalue weighted by Gasteiger charge is -2.11. The number of thioether (sulfide) groups is 1. The number of carbonyl (C=O) groups is 1. The Bertz CT molecular complexity index is 1100. The van der Waals surface area contributed by atoms with Crippen LogP contribution in [0.3, 0.4) is 0 Å². The fourth-order valence-corrected chi connectivity index (χ4v) is 3.72. The number of benzene rings is 3. The van der Waals surface area contributed by atoms with E-state index < -0.39 is 0 Å². The lowest BCUT2D eigenvalue weighted by Crippen LogP contribution is -2.19. The van der Waals surface area contributed by atoms with Crippen molar-refractivity contribution >= 4 is 34.6 Å². The van der Waals surface area contributed by atoms with Crippen molar-refractivity contribution in [2.75, 3.05) is 7.11 Å². The molecule has 1 fully saturated rings. The van der Waals surface area contributed by atoms with Gasteiger partial charge in [-0.1, -0.05) is 54.6 Å². The molecule has 3 aromatic rings. The van der Waals surface area contributed by atoms with E-state index >= 15 is 0 Å². The van der Waals surface area contributed by atoms with Crippen molar-refractivity contribution in [2.24, 2.45) is 4.99 Å². The van der Waals surface area contributed by atoms with Crippen molar-refractivity contribution in [3.05, 3.63) is 94.9 Å². The molecule has 4 rings (SSSR count). The van der Waals surface area contributed by atoms with Gasteiger partial charge in [0.15, 0.2) is 16.7 Å². The van der Waals surface area contributed by atoms with Crippen LogP contribution in [0.5, 0.6) is 11.5 Å². The fourth-order valence-electron chi connectivity index (χ4n) is 2.88. The highest BCUT2D eigenvalue weighted by Crippen LogP contribution is 2.32. The largest absolute Gasteiger partial charge is 0.493 e. The summed E-state index contributed by atoms with van der Waals surface area (Å²) in [5.74, 6) is 1.10. The molecule has 1 heterocycles. The molecule has 1 aliphatic rings. The first-order valence-electron chi connectivity index (χ1n) is 9.41. The van der Waals surface area contributed by atoms with Crippen molar-refractivity contribution in [3.63, 3.8) is 0 Å². The molecule has 0 saturated carbocycles. The van der Waals surface area contributed by atoms with E-state index in [4.69, 9.17) is 9.47 Å². The monoisotopic (exact) mass is 416 g/mol. The van der Waals surface area contributed by atoms with Crippen LogP contribution in [0.1, 0.15) is 11.1 Å². The minimum atomic E-state index is -0.168. The fraction of sp³-hybridized carbons (Fsp3) is 0.0833. The van der Waals surface area contributed by atoms with Crippen molar-refractivity contribution in [1.82, 2.24) is 5.32 Å². The zero-order chi connectivity index (χ0) is 20.8. The second-order valence-corrected chi connectivity index (χ2v) is 7.53. The van der Waals surface area contributed by atoms with Gasteiger partial charge in [-0.3, -0.25) is 4.79 Å². The van der Waals surface area contributed by atoms with E-state index in [0.29, 0.717) is 28.2 Å². The van der Waals surface area contributed by atoms with Crippen molar-refractivity contribution in [3.8, 4) is 11.5 Å². The van der Waals surface area contributed by atoms with Crippen LogP contribution in [0, 0.1) is 0 Å². The molecule has 0 aliphatic carbocycles. The summed E-state index contributed by atoms with van der Waals surface area (Å²) in [4.78, 5) is 17.4. The van der Waals surface area contributed by atoms with Crippen LogP contribution in [-0.2, 0) is 11.4 Å². The predicted octanol–water partition coefficient (Wildman–Crippen LogP) is 5.17. The molecule has 1 aliphatic heterocycles. The number of ether oxygens (including phenoxy) is 2. The van der Waals surface area contributed by atoms with Crippen LogP contribution in [0.2, 0.25) is 0 Å². The quantitative estimate of drug-likeness (QED) is 0.564. The first-order valence-corrected chi connectivity index (χ1v) is 10.2. The van der Waals surface area contributed by atoms with Gasteiger partial charge >= 0.3 is 0 Å². The van der Waals surface area contributed by atoms with Crippen LogP contribution in [0.15, 0.2) is 88.8 Å². The van der Waals surface area contributed by atoms with Gasteiger partial charge in [0.05, 0.1) is 17.7 Å². The summed E-state index contributed by atoms with van der Waals surface area (Å²) < 4.78 is 11.4. The molecule has 0 atom stereocenters. The van der Waals surface area contributed by atoms with Crippen LogP contribution < -0.4 is 14.8 Å². The number of nitrogens with one attached hydrogen (secondary N) is 1. The standard InChI is InChI=1S/C24H20N2O3S/c1-28-21-14-18(12-13-20(21)29-16-17-8-4-2-5-9-17)15-22-23(27)26-24(30-22)25-19-10-6-3-7-11-19/h2-15H,16H2,1H3,(H,25,26,27). The summed E-state index contributed by atoms with van der Waals surface area (Å²) in [5.41, 5.74) is 2.72. The number of methoxy groups -OCH3 is 1. The van der Waals surface area contributed by atoms with Gasteiger partial charge in [-0.25, -0.2) is 4.99 Å². The van der Waals surface area contributed by atoms with Gasteiger partial charge in [0.2, 0.25) is 0 Å². The van der Waals surface area contributed by atoms with Crippen LogP contribution in [0.25, 0.3) is 6.08 Å². The van der Waals surface area contributed by atoms with Crippen LogP contribution in [0.4, 0.5) is 5.69 Å². The highest BCUT2D eigenvalue weighted by molar-refractivity contribution is 8.18. The van der Waals surface area contributed by atoms with Gasteiger partial charge in [-0.2, -0.15) is 0 Å². The molecular weight excluding hydrogens is 396 g/mol. The Kier molecular flexibility index (Phi) is 6.15. The second kappa shape index (κ2) is 9.33. The molecule has 6 heteroatoms. The van der Waals surface area contributed by atoms with Crippen molar-refractivity contribution < 1.29 is 14.3 Å². The smallest absolute Gasteiger partial charge is 0.264 e. The number of rotatable bonds is 6. The number of hydrogen-bond acceptors (Lipinski definition) is 5. The Morgan fingerprint density at radius 3 is 2.43 bits per heavy atom. The molecule has 1 amide bonds. The van der Waals surface area contributed by atoms with Gasteiger partial charge < -0.3 is 14.8 Å². The molecule has 0 bridgehead atoms. The SMILES string of the molecule is COc1cc(C=C2SC(=Nc3ccccc3)NC2=O)ccc1OCc1ccccc1. The number of para-hydroxylation sites is 1. The Morgan fingerprint density at radius 1 is 0.967 bits per heavy atom. The van der Waals surface area contributed by atoms with E-state index in [1.807, 2.05) is 84.9 Å². The molecule has 0 spiro atoms. The minimum absolute atomic E-state index is 0.168. The van der Waals surface area contributed by atoms with Gasteiger partial charge in [0, 0.05) is 0 Å². The Balaban J connectivity index is 1.49. The van der Waals surface area contributed by atoms with E-state index in [2.05, 4.69) is 10.3 Å². The zero-order valence-corrected chi connectivity index (χ0v) is 17.2. The average Bonchev–Trinajstić information content (AvgIpc) is 3.12. The molecule has 150 valence electrons. The number of carbonyl (C=O) groups excluding carboxylic acids is 1. The van der Waals surface area contributed by atoms with Crippen LogP contribution >= 0.6 is 11.8 Å². The summed E-state index contributed by atoms with van der Waals surface area (Å²) in [5, 5.41) is 3.36.